The number of nitrogen functional groups attached to an aromatic ring is 1. The Morgan fingerprint density at radius 3 is 2.83 bits per heavy atom. The molecule has 0 atom stereocenters. The quantitative estimate of drug-likeness (QED) is 0.589. The highest BCUT2D eigenvalue weighted by Crippen LogP contribution is 2.23. The normalized spacial score (nSPS) is 10.2. The van der Waals surface area contributed by atoms with Crippen molar-refractivity contribution in [3.63, 3.8) is 0 Å². The Hall–Kier alpha value is -1.92. The van der Waals surface area contributed by atoms with E-state index >= 15 is 0 Å². The maximum absolute atomic E-state index is 13.0. The van der Waals surface area contributed by atoms with Crippen molar-refractivity contribution in [2.45, 2.75) is 6.92 Å². The molecule has 94 valence electrons. The molecule has 0 saturated heterocycles. The number of rotatable bonds is 3. The van der Waals surface area contributed by atoms with Crippen LogP contribution in [0.25, 0.3) is 0 Å². The summed E-state index contributed by atoms with van der Waals surface area (Å²) in [7, 11) is 0. The Morgan fingerprint density at radius 1 is 1.39 bits per heavy atom. The molecule has 0 spiro atoms. The van der Waals surface area contributed by atoms with Gasteiger partial charge in [-0.1, -0.05) is 11.6 Å². The molecular formula is C11H11ClFN5. The Labute approximate surface area is 108 Å². The predicted molar refractivity (Wildman–Crippen MR) is 69.3 cm³/mol. The Balaban J connectivity index is 2.30. The van der Waals surface area contributed by atoms with Gasteiger partial charge in [-0.25, -0.2) is 15.2 Å². The lowest BCUT2D eigenvalue weighted by molar-refractivity contribution is 0.628. The van der Waals surface area contributed by atoms with Gasteiger partial charge < -0.3 is 5.32 Å². The average Bonchev–Trinajstić information content (AvgIpc) is 2.36. The summed E-state index contributed by atoms with van der Waals surface area (Å²) in [4.78, 5) is 8.10. The molecule has 2 aromatic rings. The van der Waals surface area contributed by atoms with Gasteiger partial charge in [0.1, 0.15) is 11.6 Å². The number of hydrazine groups is 1. The van der Waals surface area contributed by atoms with E-state index in [2.05, 4.69) is 20.7 Å². The number of nitrogens with zero attached hydrogens (tertiary/aromatic N) is 2. The van der Waals surface area contributed by atoms with Crippen molar-refractivity contribution in [1.82, 2.24) is 9.97 Å². The zero-order valence-corrected chi connectivity index (χ0v) is 10.3. The predicted octanol–water partition coefficient (Wildman–Crippen LogP) is 2.61. The molecule has 1 aromatic heterocycles. The minimum absolute atomic E-state index is 0.0453. The Bertz CT molecular complexity index is 575. The standard InChI is InChI=1S/C11H11ClFN5/c1-6-5-15-11(18-14)17-10(6)16-7-2-3-9(13)8(12)4-7/h2-5H,14H2,1H3,(H2,15,16,17,18). The van der Waals surface area contributed by atoms with Crippen LogP contribution in [0.3, 0.4) is 0 Å². The second-order valence-corrected chi connectivity index (χ2v) is 4.03. The van der Waals surface area contributed by atoms with E-state index in [0.29, 0.717) is 11.5 Å². The van der Waals surface area contributed by atoms with Crippen molar-refractivity contribution in [3.05, 3.63) is 40.8 Å². The summed E-state index contributed by atoms with van der Waals surface area (Å²) >= 11 is 5.70. The zero-order chi connectivity index (χ0) is 13.1. The van der Waals surface area contributed by atoms with Gasteiger partial charge >= 0.3 is 0 Å². The number of aromatic nitrogens is 2. The summed E-state index contributed by atoms with van der Waals surface area (Å²) in [5.74, 6) is 5.62. The zero-order valence-electron chi connectivity index (χ0n) is 9.54. The van der Waals surface area contributed by atoms with Gasteiger partial charge in [0.25, 0.3) is 0 Å². The maximum Gasteiger partial charge on any atom is 0.239 e. The summed E-state index contributed by atoms with van der Waals surface area (Å²) in [5.41, 5.74) is 3.81. The number of benzene rings is 1. The first-order chi connectivity index (χ1) is 8.60. The first kappa shape index (κ1) is 12.5. The molecule has 0 amide bonds. The molecule has 7 heteroatoms. The lowest BCUT2D eigenvalue weighted by Gasteiger charge is -2.10. The van der Waals surface area contributed by atoms with Crippen molar-refractivity contribution in [2.24, 2.45) is 5.84 Å². The highest BCUT2D eigenvalue weighted by atomic mass is 35.5. The molecule has 4 N–H and O–H groups in total. The second kappa shape index (κ2) is 5.16. The van der Waals surface area contributed by atoms with E-state index in [9.17, 15) is 4.39 Å². The fourth-order valence-corrected chi connectivity index (χ4v) is 1.53. The molecule has 0 saturated carbocycles. The minimum atomic E-state index is -0.467. The molecule has 0 aliphatic heterocycles. The molecule has 18 heavy (non-hydrogen) atoms. The molecule has 0 unspecified atom stereocenters. The number of aryl methyl sites for hydroxylation is 1. The van der Waals surface area contributed by atoms with Gasteiger partial charge in [0.2, 0.25) is 5.95 Å². The second-order valence-electron chi connectivity index (χ2n) is 3.62. The molecule has 2 rings (SSSR count). The Morgan fingerprint density at radius 2 is 2.17 bits per heavy atom. The highest BCUT2D eigenvalue weighted by molar-refractivity contribution is 6.31. The minimum Gasteiger partial charge on any atom is -0.340 e. The molecule has 5 nitrogen and oxygen atoms in total. The smallest absolute Gasteiger partial charge is 0.239 e. The van der Waals surface area contributed by atoms with Crippen LogP contribution in [0.1, 0.15) is 5.56 Å². The van der Waals surface area contributed by atoms with Crippen molar-refractivity contribution in [1.29, 1.82) is 0 Å². The molecule has 0 bridgehead atoms. The first-order valence-corrected chi connectivity index (χ1v) is 5.50. The van der Waals surface area contributed by atoms with Crippen LogP contribution in [0.4, 0.5) is 21.8 Å². The van der Waals surface area contributed by atoms with Crippen molar-refractivity contribution in [3.8, 4) is 0 Å². The topological polar surface area (TPSA) is 75.9 Å². The summed E-state index contributed by atoms with van der Waals surface area (Å²) in [5, 5.41) is 3.06. The van der Waals surface area contributed by atoms with Crippen LogP contribution in [0.2, 0.25) is 5.02 Å². The monoisotopic (exact) mass is 267 g/mol. The van der Waals surface area contributed by atoms with Crippen molar-refractivity contribution in [2.75, 3.05) is 10.7 Å². The van der Waals surface area contributed by atoms with Crippen LogP contribution in [0.15, 0.2) is 24.4 Å². The van der Waals surface area contributed by atoms with E-state index in [1.807, 2.05) is 6.92 Å². The fourth-order valence-electron chi connectivity index (χ4n) is 1.35. The first-order valence-electron chi connectivity index (χ1n) is 5.12. The van der Waals surface area contributed by atoms with Crippen LogP contribution in [-0.2, 0) is 0 Å². The molecular weight excluding hydrogens is 257 g/mol. The van der Waals surface area contributed by atoms with Gasteiger partial charge in [0.05, 0.1) is 5.02 Å². The number of hydrogen-bond donors (Lipinski definition) is 3. The Kier molecular flexibility index (Phi) is 3.59. The molecule has 0 radical (unpaired) electrons. The average molecular weight is 268 g/mol. The van der Waals surface area contributed by atoms with E-state index in [0.717, 1.165) is 5.56 Å². The van der Waals surface area contributed by atoms with Crippen LogP contribution in [-0.4, -0.2) is 9.97 Å². The van der Waals surface area contributed by atoms with E-state index in [1.54, 1.807) is 12.3 Å². The molecule has 0 aliphatic carbocycles. The SMILES string of the molecule is Cc1cnc(NN)nc1Nc1ccc(F)c(Cl)c1. The summed E-state index contributed by atoms with van der Waals surface area (Å²) < 4.78 is 13.0. The lowest BCUT2D eigenvalue weighted by atomic mass is 10.3. The third-order valence-corrected chi connectivity index (χ3v) is 2.57. The van der Waals surface area contributed by atoms with Gasteiger partial charge in [-0.3, -0.25) is 5.43 Å². The van der Waals surface area contributed by atoms with E-state index in [1.165, 1.54) is 12.1 Å². The third kappa shape index (κ3) is 2.66. The maximum atomic E-state index is 13.0. The van der Waals surface area contributed by atoms with Gasteiger partial charge in [0.15, 0.2) is 0 Å². The number of halogens is 2. The van der Waals surface area contributed by atoms with E-state index < -0.39 is 5.82 Å². The summed E-state index contributed by atoms with van der Waals surface area (Å²) in [6, 6.07) is 4.33. The molecule has 0 fully saturated rings. The van der Waals surface area contributed by atoms with Crippen LogP contribution in [0, 0.1) is 12.7 Å². The van der Waals surface area contributed by atoms with Gasteiger partial charge in [-0.2, -0.15) is 4.98 Å². The van der Waals surface area contributed by atoms with Gasteiger partial charge in [-0.15, -0.1) is 0 Å². The molecule has 1 heterocycles. The summed E-state index contributed by atoms with van der Waals surface area (Å²) in [6.45, 7) is 1.84. The van der Waals surface area contributed by atoms with Crippen molar-refractivity contribution >= 4 is 29.1 Å². The number of nitrogens with two attached hydrogens (primary N) is 1. The number of hydrogen-bond acceptors (Lipinski definition) is 5. The molecule has 0 aliphatic rings. The largest absolute Gasteiger partial charge is 0.340 e. The van der Waals surface area contributed by atoms with E-state index in [4.69, 9.17) is 17.4 Å². The van der Waals surface area contributed by atoms with Crippen molar-refractivity contribution < 1.29 is 4.39 Å². The fraction of sp³-hybridized carbons (Fsp3) is 0.0909. The third-order valence-electron chi connectivity index (χ3n) is 2.28. The summed E-state index contributed by atoms with van der Waals surface area (Å²) in [6.07, 6.45) is 1.62. The van der Waals surface area contributed by atoms with Gasteiger partial charge in [0, 0.05) is 17.4 Å². The van der Waals surface area contributed by atoms with E-state index in [-0.39, 0.29) is 11.0 Å². The van der Waals surface area contributed by atoms with Crippen LogP contribution >= 0.6 is 11.6 Å². The lowest BCUT2D eigenvalue weighted by Crippen LogP contribution is -2.11. The van der Waals surface area contributed by atoms with Gasteiger partial charge in [-0.05, 0) is 25.1 Å². The molecule has 1 aromatic carbocycles. The highest BCUT2D eigenvalue weighted by Gasteiger charge is 2.05. The number of nitrogens with one attached hydrogen (secondary N) is 2. The number of anilines is 3. The van der Waals surface area contributed by atoms with Crippen LogP contribution in [0.5, 0.6) is 0 Å². The van der Waals surface area contributed by atoms with Crippen LogP contribution < -0.4 is 16.6 Å².